The van der Waals surface area contributed by atoms with Gasteiger partial charge in [0.15, 0.2) is 0 Å². The maximum Gasteiger partial charge on any atom is 0.303 e. The van der Waals surface area contributed by atoms with Crippen molar-refractivity contribution >= 4 is 5.97 Å². The van der Waals surface area contributed by atoms with Gasteiger partial charge in [0, 0.05) is 6.42 Å². The van der Waals surface area contributed by atoms with Crippen LogP contribution in [-0.4, -0.2) is 44.7 Å². The van der Waals surface area contributed by atoms with Crippen LogP contribution in [-0.2, 0) is 4.79 Å². The molecule has 0 aliphatic heterocycles. The van der Waals surface area contributed by atoms with Gasteiger partial charge in [-0.1, -0.05) is 56.9 Å². The summed E-state index contributed by atoms with van der Waals surface area (Å²) < 4.78 is 0. The molecule has 0 aromatic heterocycles. The molecule has 22 heavy (non-hydrogen) atoms. The Morgan fingerprint density at radius 1 is 0.909 bits per heavy atom. The predicted octanol–water partition coefficient (Wildman–Crippen LogP) is 2.41. The molecule has 0 aromatic rings. The Hall–Kier alpha value is -1.17. The third-order valence-electron chi connectivity index (χ3n) is 3.34. The molecule has 0 saturated carbocycles. The summed E-state index contributed by atoms with van der Waals surface area (Å²) in [5, 5.41) is 37.5. The number of unbranched alkanes of at least 4 members (excludes halogenated alkanes) is 4. The lowest BCUT2D eigenvalue weighted by atomic mass is 10.1. The molecule has 4 N–H and O–H groups in total. The molecule has 0 aromatic carbocycles. The van der Waals surface area contributed by atoms with E-state index in [1.54, 1.807) is 12.2 Å². The van der Waals surface area contributed by atoms with Crippen LogP contribution in [0.2, 0.25) is 0 Å². The van der Waals surface area contributed by atoms with Crippen LogP contribution in [0, 0.1) is 0 Å². The average molecular weight is 314 g/mol. The lowest BCUT2D eigenvalue weighted by molar-refractivity contribution is -0.137. The van der Waals surface area contributed by atoms with Crippen LogP contribution in [0.4, 0.5) is 0 Å². The van der Waals surface area contributed by atoms with Crippen molar-refractivity contribution in [1.82, 2.24) is 0 Å². The number of hydrogen-bond donors (Lipinski definition) is 4. The second-order valence-corrected chi connectivity index (χ2v) is 5.47. The Kier molecular flexibility index (Phi) is 12.8. The number of rotatable bonds is 13. The number of hydrogen-bond acceptors (Lipinski definition) is 4. The van der Waals surface area contributed by atoms with E-state index in [0.29, 0.717) is 12.8 Å². The monoisotopic (exact) mass is 314 g/mol. The van der Waals surface area contributed by atoms with Crippen LogP contribution in [0.25, 0.3) is 0 Å². The molecule has 0 saturated heterocycles. The minimum absolute atomic E-state index is 0.220. The third kappa shape index (κ3) is 12.6. The highest BCUT2D eigenvalue weighted by Gasteiger charge is 2.09. The highest BCUT2D eigenvalue weighted by molar-refractivity contribution is 5.66. The zero-order valence-corrected chi connectivity index (χ0v) is 13.4. The van der Waals surface area contributed by atoms with E-state index in [4.69, 9.17) is 5.11 Å². The molecule has 0 radical (unpaired) electrons. The van der Waals surface area contributed by atoms with Crippen molar-refractivity contribution in [1.29, 1.82) is 0 Å². The highest BCUT2D eigenvalue weighted by atomic mass is 16.4. The van der Waals surface area contributed by atoms with Crippen LogP contribution >= 0.6 is 0 Å². The second kappa shape index (κ2) is 13.5. The van der Waals surface area contributed by atoms with Gasteiger partial charge in [0.1, 0.15) is 12.2 Å². The topological polar surface area (TPSA) is 98.0 Å². The molecule has 128 valence electrons. The number of aliphatic carboxylic acids is 1. The van der Waals surface area contributed by atoms with Crippen LogP contribution < -0.4 is 0 Å². The summed E-state index contributed by atoms with van der Waals surface area (Å²) in [5.74, 6) is -0.755. The highest BCUT2D eigenvalue weighted by Crippen LogP contribution is 2.10. The van der Waals surface area contributed by atoms with Crippen LogP contribution in [0.1, 0.15) is 58.3 Å². The molecule has 0 aliphatic rings. The first kappa shape index (κ1) is 20.8. The molecule has 0 spiro atoms. The number of carbonyl (C=O) groups is 1. The first-order valence-electron chi connectivity index (χ1n) is 8.08. The zero-order chi connectivity index (χ0) is 16.8. The van der Waals surface area contributed by atoms with Crippen molar-refractivity contribution < 1.29 is 25.2 Å². The van der Waals surface area contributed by atoms with E-state index in [1.807, 2.05) is 6.92 Å². The molecule has 0 rings (SSSR count). The molecule has 0 amide bonds. The number of allylic oxidation sites excluding steroid dienone is 1. The van der Waals surface area contributed by atoms with Crippen LogP contribution in [0.15, 0.2) is 24.3 Å². The van der Waals surface area contributed by atoms with E-state index < -0.39 is 24.3 Å². The summed E-state index contributed by atoms with van der Waals surface area (Å²) in [6.07, 6.45) is 9.65. The molecule has 0 bridgehead atoms. The summed E-state index contributed by atoms with van der Waals surface area (Å²) in [4.78, 5) is 10.3. The van der Waals surface area contributed by atoms with Gasteiger partial charge in [-0.15, -0.1) is 0 Å². The summed E-state index contributed by atoms with van der Waals surface area (Å²) >= 11 is 0. The minimum atomic E-state index is -1.01. The van der Waals surface area contributed by atoms with E-state index in [2.05, 4.69) is 0 Å². The largest absolute Gasteiger partial charge is 0.481 e. The first-order chi connectivity index (χ1) is 10.5. The lowest BCUT2D eigenvalue weighted by Gasteiger charge is -2.11. The fourth-order valence-electron chi connectivity index (χ4n) is 2.00. The Bertz CT molecular complexity index is 338. The van der Waals surface area contributed by atoms with Crippen molar-refractivity contribution in [3.05, 3.63) is 24.3 Å². The van der Waals surface area contributed by atoms with E-state index in [9.17, 15) is 20.1 Å². The summed E-state index contributed by atoms with van der Waals surface area (Å²) in [7, 11) is 0. The molecule has 0 unspecified atom stereocenters. The first-order valence-corrected chi connectivity index (χ1v) is 8.08. The van der Waals surface area contributed by atoms with Gasteiger partial charge in [-0.3, -0.25) is 4.79 Å². The molecule has 0 aliphatic carbocycles. The van der Waals surface area contributed by atoms with Crippen molar-refractivity contribution in [2.75, 3.05) is 0 Å². The van der Waals surface area contributed by atoms with Crippen LogP contribution in [0.3, 0.4) is 0 Å². The Labute approximate surface area is 133 Å². The Morgan fingerprint density at radius 3 is 2.14 bits per heavy atom. The normalized spacial score (nSPS) is 16.2. The van der Waals surface area contributed by atoms with Gasteiger partial charge in [0.2, 0.25) is 0 Å². The van der Waals surface area contributed by atoms with Gasteiger partial charge in [-0.2, -0.15) is 0 Å². The third-order valence-corrected chi connectivity index (χ3v) is 3.34. The maximum atomic E-state index is 10.3. The van der Waals surface area contributed by atoms with Gasteiger partial charge in [0.25, 0.3) is 0 Å². The smallest absolute Gasteiger partial charge is 0.303 e. The van der Waals surface area contributed by atoms with Crippen molar-refractivity contribution in [2.45, 2.75) is 76.6 Å². The predicted molar refractivity (Wildman–Crippen MR) is 86.5 cm³/mol. The van der Waals surface area contributed by atoms with E-state index in [1.165, 1.54) is 12.2 Å². The number of aliphatic hydroxyl groups is 3. The molecule has 5 nitrogen and oxygen atoms in total. The van der Waals surface area contributed by atoms with Crippen LogP contribution in [0.5, 0.6) is 0 Å². The lowest BCUT2D eigenvalue weighted by Crippen LogP contribution is -2.21. The van der Waals surface area contributed by atoms with Gasteiger partial charge < -0.3 is 20.4 Å². The number of carboxylic acids is 1. The summed E-state index contributed by atoms with van der Waals surface area (Å²) in [5.41, 5.74) is 0. The molecule has 3 atom stereocenters. The van der Waals surface area contributed by atoms with Gasteiger partial charge >= 0.3 is 5.97 Å². The van der Waals surface area contributed by atoms with Crippen molar-refractivity contribution in [3.63, 3.8) is 0 Å². The summed E-state index contributed by atoms with van der Waals surface area (Å²) in [6, 6.07) is 0. The zero-order valence-electron chi connectivity index (χ0n) is 13.4. The molecule has 0 heterocycles. The van der Waals surface area contributed by atoms with Crippen molar-refractivity contribution in [2.24, 2.45) is 0 Å². The fraction of sp³-hybridized carbons (Fsp3) is 0.706. The Morgan fingerprint density at radius 2 is 1.50 bits per heavy atom. The number of carboxylic acid groups (broad SMARTS) is 1. The van der Waals surface area contributed by atoms with Gasteiger partial charge in [0.05, 0.1) is 6.10 Å². The van der Waals surface area contributed by atoms with E-state index in [-0.39, 0.29) is 6.42 Å². The van der Waals surface area contributed by atoms with E-state index in [0.717, 1.165) is 32.1 Å². The van der Waals surface area contributed by atoms with Crippen molar-refractivity contribution in [3.8, 4) is 0 Å². The second-order valence-electron chi connectivity index (χ2n) is 5.47. The average Bonchev–Trinajstić information content (AvgIpc) is 2.48. The van der Waals surface area contributed by atoms with E-state index >= 15 is 0 Å². The minimum Gasteiger partial charge on any atom is -0.481 e. The molecule has 0 fully saturated rings. The fourth-order valence-corrected chi connectivity index (χ4v) is 2.00. The van der Waals surface area contributed by atoms with Gasteiger partial charge in [-0.25, -0.2) is 0 Å². The Balaban J connectivity index is 3.71. The summed E-state index contributed by atoms with van der Waals surface area (Å²) in [6.45, 7) is 1.94. The molecular formula is C17H30O5. The quantitative estimate of drug-likeness (QED) is 0.309. The number of aliphatic hydroxyl groups excluding tert-OH is 3. The van der Waals surface area contributed by atoms with Gasteiger partial charge in [-0.05, 0) is 19.3 Å². The molecular weight excluding hydrogens is 284 g/mol. The molecule has 5 heteroatoms. The standard InChI is InChI=1S/C17H30O5/c1-2-3-10-15(19)16(20)13-12-14(18)9-7-5-4-6-8-11-17(21)22/h3,10,12-16,18-20H,2,4-9,11H2,1H3,(H,21,22)/b10-3-,13-12+/t14-,15-,16-/m0/s1. The SMILES string of the molecule is CC/C=C\[C@H](O)[C@@H](O)/C=C/[C@@H](O)CCCCCCCC(=O)O. The maximum absolute atomic E-state index is 10.3.